The molecule has 1 saturated heterocycles. The van der Waals surface area contributed by atoms with Gasteiger partial charge in [0, 0.05) is 49.2 Å². The van der Waals surface area contributed by atoms with Gasteiger partial charge in [-0.25, -0.2) is 9.55 Å². The molecular weight excluding hydrogens is 394 g/mol. The number of fused-ring (bicyclic) bond motifs is 3. The first-order valence-electron chi connectivity index (χ1n) is 9.59. The van der Waals surface area contributed by atoms with Gasteiger partial charge in [-0.05, 0) is 37.2 Å². The lowest BCUT2D eigenvalue weighted by atomic mass is 10.1. The Hall–Kier alpha value is -1.93. The summed E-state index contributed by atoms with van der Waals surface area (Å²) in [6.45, 7) is 5.27. The van der Waals surface area contributed by atoms with Crippen molar-refractivity contribution in [3.05, 3.63) is 50.1 Å². The maximum atomic E-state index is 13.7. The van der Waals surface area contributed by atoms with E-state index in [4.69, 9.17) is 16.6 Å². The van der Waals surface area contributed by atoms with Crippen molar-refractivity contribution in [3.63, 3.8) is 0 Å². The van der Waals surface area contributed by atoms with Gasteiger partial charge in [0.25, 0.3) is 5.56 Å². The number of hydrogen-bond acceptors (Lipinski definition) is 6. The minimum atomic E-state index is 0.0165. The van der Waals surface area contributed by atoms with Crippen LogP contribution in [0.15, 0.2) is 29.1 Å². The third-order valence-corrected chi connectivity index (χ3v) is 6.86. The second-order valence-corrected chi connectivity index (χ2v) is 8.96. The van der Waals surface area contributed by atoms with E-state index in [0.717, 1.165) is 61.6 Å². The predicted octanol–water partition coefficient (Wildman–Crippen LogP) is 2.50. The molecule has 8 heteroatoms. The second kappa shape index (κ2) is 7.15. The van der Waals surface area contributed by atoms with Crippen molar-refractivity contribution in [2.75, 3.05) is 44.7 Å². The molecule has 0 spiro atoms. The van der Waals surface area contributed by atoms with E-state index in [9.17, 15) is 4.79 Å². The topological polar surface area (TPSA) is 53.4 Å². The van der Waals surface area contributed by atoms with Crippen molar-refractivity contribution in [3.8, 4) is 5.69 Å². The van der Waals surface area contributed by atoms with Crippen LogP contribution in [0.1, 0.15) is 10.4 Å². The van der Waals surface area contributed by atoms with Crippen LogP contribution in [-0.2, 0) is 13.0 Å². The summed E-state index contributed by atoms with van der Waals surface area (Å²) in [5.74, 6) is 0.716. The fraction of sp³-hybridized carbons (Fsp3) is 0.400. The number of rotatable bonds is 2. The van der Waals surface area contributed by atoms with E-state index in [1.165, 1.54) is 10.4 Å². The van der Waals surface area contributed by atoms with Gasteiger partial charge in [0.15, 0.2) is 0 Å². The van der Waals surface area contributed by atoms with Crippen molar-refractivity contribution in [1.29, 1.82) is 0 Å². The zero-order valence-electron chi connectivity index (χ0n) is 15.7. The zero-order chi connectivity index (χ0) is 19.3. The van der Waals surface area contributed by atoms with Crippen molar-refractivity contribution in [2.24, 2.45) is 0 Å². The summed E-state index contributed by atoms with van der Waals surface area (Å²) in [6, 6.07) is 7.48. The van der Waals surface area contributed by atoms with Crippen LogP contribution in [0.25, 0.3) is 15.9 Å². The Morgan fingerprint density at radius 1 is 1.21 bits per heavy atom. The van der Waals surface area contributed by atoms with Crippen molar-refractivity contribution < 1.29 is 0 Å². The molecule has 3 aromatic rings. The lowest BCUT2D eigenvalue weighted by Gasteiger charge is -2.30. The highest BCUT2D eigenvalue weighted by Crippen LogP contribution is 2.34. The van der Waals surface area contributed by atoms with Gasteiger partial charge in [-0.1, -0.05) is 17.7 Å². The van der Waals surface area contributed by atoms with Crippen LogP contribution in [0, 0.1) is 0 Å². The number of likely N-dealkylation sites (N-methyl/N-ethyl adjacent to an activating group) is 1. The van der Waals surface area contributed by atoms with E-state index >= 15 is 0 Å². The van der Waals surface area contributed by atoms with Crippen LogP contribution in [0.5, 0.6) is 0 Å². The Bertz CT molecular complexity index is 1100. The smallest absolute Gasteiger partial charge is 0.268 e. The van der Waals surface area contributed by atoms with Crippen molar-refractivity contribution in [2.45, 2.75) is 13.0 Å². The van der Waals surface area contributed by atoms with Gasteiger partial charge in [-0.2, -0.15) is 0 Å². The van der Waals surface area contributed by atoms with Gasteiger partial charge in [-0.3, -0.25) is 4.79 Å². The van der Waals surface area contributed by atoms with E-state index < -0.39 is 0 Å². The summed E-state index contributed by atoms with van der Waals surface area (Å²) >= 11 is 7.92. The summed E-state index contributed by atoms with van der Waals surface area (Å²) in [5, 5.41) is 4.77. The minimum absolute atomic E-state index is 0.0165. The molecule has 0 atom stereocenters. The van der Waals surface area contributed by atoms with Gasteiger partial charge in [0.2, 0.25) is 5.95 Å². The normalized spacial score (nSPS) is 17.9. The molecule has 0 bridgehead atoms. The highest BCUT2D eigenvalue weighted by Gasteiger charge is 2.26. The number of nitrogens with one attached hydrogen (secondary N) is 1. The average Bonchev–Trinajstić information content (AvgIpc) is 3.06. The Morgan fingerprint density at radius 3 is 2.82 bits per heavy atom. The van der Waals surface area contributed by atoms with Gasteiger partial charge in [-0.15, -0.1) is 11.3 Å². The molecule has 1 fully saturated rings. The molecule has 2 aliphatic rings. The summed E-state index contributed by atoms with van der Waals surface area (Å²) in [7, 11) is 2.12. The first-order valence-corrected chi connectivity index (χ1v) is 10.8. The number of nitrogens with zero attached hydrogens (tertiary/aromatic N) is 4. The third-order valence-electron chi connectivity index (χ3n) is 5.51. The van der Waals surface area contributed by atoms with Crippen LogP contribution in [-0.4, -0.2) is 54.2 Å². The molecule has 5 rings (SSSR count). The summed E-state index contributed by atoms with van der Waals surface area (Å²) < 4.78 is 1.75. The Balaban J connectivity index is 1.79. The number of aromatic nitrogens is 2. The Kier molecular flexibility index (Phi) is 4.63. The van der Waals surface area contributed by atoms with E-state index in [1.54, 1.807) is 15.9 Å². The van der Waals surface area contributed by atoms with Gasteiger partial charge >= 0.3 is 0 Å². The molecule has 4 heterocycles. The summed E-state index contributed by atoms with van der Waals surface area (Å²) in [4.78, 5) is 25.4. The zero-order valence-corrected chi connectivity index (χ0v) is 17.3. The molecule has 0 unspecified atom stereocenters. The molecule has 28 heavy (non-hydrogen) atoms. The molecule has 0 radical (unpaired) electrons. The number of piperazine rings is 1. The van der Waals surface area contributed by atoms with Crippen LogP contribution in [0.2, 0.25) is 5.02 Å². The molecule has 0 amide bonds. The maximum absolute atomic E-state index is 13.7. The van der Waals surface area contributed by atoms with Gasteiger partial charge in [0.1, 0.15) is 4.83 Å². The first kappa shape index (κ1) is 18.1. The van der Waals surface area contributed by atoms with Crippen LogP contribution < -0.4 is 15.8 Å². The van der Waals surface area contributed by atoms with Crippen LogP contribution in [0.3, 0.4) is 0 Å². The number of thiophene rings is 1. The number of anilines is 1. The molecule has 2 aromatic heterocycles. The number of halogens is 1. The van der Waals surface area contributed by atoms with E-state index in [0.29, 0.717) is 11.0 Å². The summed E-state index contributed by atoms with van der Waals surface area (Å²) in [6.07, 6.45) is 0.894. The molecule has 6 nitrogen and oxygen atoms in total. The predicted molar refractivity (Wildman–Crippen MR) is 115 cm³/mol. The van der Waals surface area contributed by atoms with Crippen LogP contribution >= 0.6 is 22.9 Å². The second-order valence-electron chi connectivity index (χ2n) is 7.44. The fourth-order valence-electron chi connectivity index (χ4n) is 4.08. The standard InChI is InChI=1S/C20H22ClN5OS/c1-24-8-5-15-16(12-24)28-18-17(15)19(27)26(14-4-2-3-13(21)11-14)20(23-18)25-9-6-22-7-10-25/h2-4,11,22H,5-10,12H2,1H3. The lowest BCUT2D eigenvalue weighted by molar-refractivity contribution is 0.318. The molecular formula is C20H22ClN5OS. The van der Waals surface area contributed by atoms with E-state index in [-0.39, 0.29) is 5.56 Å². The van der Waals surface area contributed by atoms with E-state index in [1.807, 2.05) is 24.3 Å². The van der Waals surface area contributed by atoms with Gasteiger partial charge < -0.3 is 15.1 Å². The monoisotopic (exact) mass is 415 g/mol. The fourth-order valence-corrected chi connectivity index (χ4v) is 5.55. The highest BCUT2D eigenvalue weighted by molar-refractivity contribution is 7.18. The SMILES string of the molecule is CN1CCc2c(sc3nc(N4CCNCC4)n(-c4cccc(Cl)c4)c(=O)c23)C1. The van der Waals surface area contributed by atoms with E-state index in [2.05, 4.69) is 22.2 Å². The average molecular weight is 416 g/mol. The largest absolute Gasteiger partial charge is 0.339 e. The minimum Gasteiger partial charge on any atom is -0.339 e. The van der Waals surface area contributed by atoms with Crippen LogP contribution in [0.4, 0.5) is 5.95 Å². The third kappa shape index (κ3) is 3.03. The maximum Gasteiger partial charge on any atom is 0.268 e. The van der Waals surface area contributed by atoms with Crippen molar-refractivity contribution >= 4 is 39.1 Å². The first-order chi connectivity index (χ1) is 13.6. The lowest BCUT2D eigenvalue weighted by Crippen LogP contribution is -2.46. The molecule has 146 valence electrons. The number of hydrogen-bond donors (Lipinski definition) is 1. The Labute approximate surface area is 172 Å². The molecule has 0 saturated carbocycles. The highest BCUT2D eigenvalue weighted by atomic mass is 35.5. The Morgan fingerprint density at radius 2 is 2.04 bits per heavy atom. The number of benzene rings is 1. The molecule has 0 aliphatic carbocycles. The van der Waals surface area contributed by atoms with Gasteiger partial charge in [0.05, 0.1) is 11.1 Å². The molecule has 1 N–H and O–H groups in total. The molecule has 2 aliphatic heterocycles. The molecule has 1 aromatic carbocycles. The van der Waals surface area contributed by atoms with Crippen molar-refractivity contribution in [1.82, 2.24) is 19.8 Å². The quantitative estimate of drug-likeness (QED) is 0.697. The summed E-state index contributed by atoms with van der Waals surface area (Å²) in [5.41, 5.74) is 1.97.